The summed E-state index contributed by atoms with van der Waals surface area (Å²) in [7, 11) is -7.97. The van der Waals surface area contributed by atoms with Crippen LogP contribution in [0.3, 0.4) is 0 Å². The van der Waals surface area contributed by atoms with E-state index < -0.39 is 32.2 Å². The Kier molecular flexibility index (Phi) is 12.6. The van der Waals surface area contributed by atoms with Crippen molar-refractivity contribution in [3.8, 4) is 11.5 Å². The number of carbonyl (C=O) groups is 4. The number of phenols is 2. The van der Waals surface area contributed by atoms with Crippen LogP contribution in [0.25, 0.3) is 0 Å². The Labute approximate surface area is 320 Å². The molecule has 14 nitrogen and oxygen atoms in total. The molecule has 4 N–H and O–H groups in total. The zero-order chi connectivity index (χ0) is 39.9. The molecule has 0 spiro atoms. The molecule has 0 aromatic heterocycles. The molecule has 2 heterocycles. The lowest BCUT2D eigenvalue weighted by molar-refractivity contribution is -0.118. The van der Waals surface area contributed by atoms with Gasteiger partial charge in [0.2, 0.25) is 0 Å². The van der Waals surface area contributed by atoms with Crippen molar-refractivity contribution in [3.05, 3.63) is 119 Å². The molecule has 55 heavy (non-hydrogen) atoms. The molecule has 2 saturated heterocycles. The molecule has 2 aliphatic rings. The summed E-state index contributed by atoms with van der Waals surface area (Å²) in [5, 5.41) is 20.6. The monoisotopic (exact) mass is 790 g/mol. The van der Waals surface area contributed by atoms with Gasteiger partial charge in [0, 0.05) is 23.0 Å². The Morgan fingerprint density at radius 2 is 1.04 bits per heavy atom. The maximum Gasteiger partial charge on any atom is 0.326 e. The van der Waals surface area contributed by atoms with Gasteiger partial charge in [-0.15, -0.1) is 0 Å². The third-order valence-electron chi connectivity index (χ3n) is 9.21. The number of nitrogens with zero attached hydrogens (tertiary/aromatic N) is 2. The SMILES string of the molecule is CCC(Cc1ccc(N2CC(=O)NS2(=O)=O)c(O)c1)C(=O)c1ccccc1.CCCC(Cc1ccc(N2CC(=O)NS2(=O)=O)c(O)c1)C(=O)c1ccccc1. The first-order valence-electron chi connectivity index (χ1n) is 17.6. The summed E-state index contributed by atoms with van der Waals surface area (Å²) in [5.41, 5.74) is 2.78. The minimum atomic E-state index is -3.99. The second kappa shape index (κ2) is 17.2. The molecule has 2 unspecified atom stereocenters. The number of rotatable bonds is 13. The molecule has 4 aromatic carbocycles. The van der Waals surface area contributed by atoms with Gasteiger partial charge in [-0.1, -0.05) is 93.1 Å². The number of hydrogen-bond donors (Lipinski definition) is 4. The zero-order valence-electron chi connectivity index (χ0n) is 30.2. The first-order chi connectivity index (χ1) is 26.1. The number of anilines is 2. The van der Waals surface area contributed by atoms with E-state index in [-0.39, 0.29) is 59.4 Å². The van der Waals surface area contributed by atoms with Gasteiger partial charge in [0.15, 0.2) is 11.6 Å². The van der Waals surface area contributed by atoms with Gasteiger partial charge in [0.1, 0.15) is 24.6 Å². The molecule has 2 atom stereocenters. The van der Waals surface area contributed by atoms with Gasteiger partial charge in [-0.05, 0) is 61.1 Å². The Bertz CT molecular complexity index is 2290. The van der Waals surface area contributed by atoms with E-state index in [2.05, 4.69) is 0 Å². The number of aromatic hydroxyl groups is 2. The van der Waals surface area contributed by atoms with E-state index in [9.17, 15) is 46.2 Å². The Balaban J connectivity index is 0.000000211. The van der Waals surface area contributed by atoms with Gasteiger partial charge in [-0.3, -0.25) is 19.2 Å². The summed E-state index contributed by atoms with van der Waals surface area (Å²) in [6.07, 6.45) is 3.03. The van der Waals surface area contributed by atoms with Gasteiger partial charge in [0.05, 0.1) is 11.4 Å². The number of nitrogens with one attached hydrogen (secondary N) is 2. The van der Waals surface area contributed by atoms with Gasteiger partial charge >= 0.3 is 20.4 Å². The van der Waals surface area contributed by atoms with E-state index in [4.69, 9.17) is 0 Å². The van der Waals surface area contributed by atoms with Gasteiger partial charge in [-0.2, -0.15) is 16.8 Å². The van der Waals surface area contributed by atoms with Crippen LogP contribution in [0.4, 0.5) is 11.4 Å². The molecule has 0 saturated carbocycles. The highest BCUT2D eigenvalue weighted by Gasteiger charge is 2.36. The van der Waals surface area contributed by atoms with Crippen LogP contribution in [0.1, 0.15) is 65.0 Å². The average molecular weight is 791 g/mol. The first-order valence-corrected chi connectivity index (χ1v) is 20.5. The van der Waals surface area contributed by atoms with Crippen LogP contribution < -0.4 is 18.1 Å². The van der Waals surface area contributed by atoms with E-state index >= 15 is 0 Å². The number of Topliss-reactive ketones (excluding diaryl/α,β-unsaturated/α-hetero) is 2. The third kappa shape index (κ3) is 9.69. The molecule has 2 fully saturated rings. The minimum Gasteiger partial charge on any atom is -0.506 e. The third-order valence-corrected chi connectivity index (χ3v) is 12.0. The lowest BCUT2D eigenvalue weighted by Crippen LogP contribution is -2.29. The number of benzene rings is 4. The van der Waals surface area contributed by atoms with Crippen molar-refractivity contribution < 1.29 is 46.2 Å². The molecular formula is C39H42N4O10S2. The maximum atomic E-state index is 12.8. The normalized spacial score (nSPS) is 16.7. The fourth-order valence-electron chi connectivity index (χ4n) is 6.48. The summed E-state index contributed by atoms with van der Waals surface area (Å²) in [6, 6.07) is 27.2. The standard InChI is InChI=1S/C20H22N2O5S.C19H20N2O5S/c1-2-6-16(20(25)15-7-4-3-5-8-15)11-14-9-10-17(18(23)12-14)22-13-19(24)21-28(22,26)27;1-2-14(19(24)15-6-4-3-5-7-15)10-13-8-9-16(17(22)11-13)21-12-18(23)20-27(21,25)26/h3-5,7-10,12,16,23H,2,6,11,13H2,1H3,(H,21,24);3-9,11,14,22H,2,10,12H2,1H3,(H,20,23). The molecule has 290 valence electrons. The minimum absolute atomic E-state index is 0.0265. The van der Waals surface area contributed by atoms with Crippen LogP contribution in [-0.2, 0) is 42.8 Å². The van der Waals surface area contributed by atoms with Crippen molar-refractivity contribution in [1.82, 2.24) is 9.44 Å². The van der Waals surface area contributed by atoms with Crippen molar-refractivity contribution >= 4 is 55.2 Å². The molecular weight excluding hydrogens is 749 g/mol. The van der Waals surface area contributed by atoms with Gasteiger partial charge in [0.25, 0.3) is 11.8 Å². The Hall–Kier alpha value is -5.74. The Morgan fingerprint density at radius 1 is 0.636 bits per heavy atom. The van der Waals surface area contributed by atoms with Crippen molar-refractivity contribution in [3.63, 3.8) is 0 Å². The molecule has 2 aliphatic heterocycles. The number of phenolic OH excluding ortho intramolecular Hbond substituents is 2. The van der Waals surface area contributed by atoms with Crippen LogP contribution in [0, 0.1) is 11.8 Å². The smallest absolute Gasteiger partial charge is 0.326 e. The van der Waals surface area contributed by atoms with E-state index in [1.165, 1.54) is 24.3 Å². The van der Waals surface area contributed by atoms with Crippen LogP contribution >= 0.6 is 0 Å². The van der Waals surface area contributed by atoms with Crippen LogP contribution in [0.15, 0.2) is 97.1 Å². The lowest BCUT2D eigenvalue weighted by atomic mass is 9.88. The molecule has 0 aliphatic carbocycles. The fraction of sp³-hybridized carbons (Fsp3) is 0.282. The number of amides is 2. The summed E-state index contributed by atoms with van der Waals surface area (Å²) < 4.78 is 53.1. The van der Waals surface area contributed by atoms with Gasteiger partial charge < -0.3 is 10.2 Å². The summed E-state index contributed by atoms with van der Waals surface area (Å²) in [6.45, 7) is 3.18. The molecule has 6 rings (SSSR count). The lowest BCUT2D eigenvalue weighted by Gasteiger charge is -2.19. The van der Waals surface area contributed by atoms with Crippen LogP contribution in [0.5, 0.6) is 11.5 Å². The van der Waals surface area contributed by atoms with Crippen molar-refractivity contribution in [1.29, 1.82) is 0 Å². The van der Waals surface area contributed by atoms with E-state index in [1.54, 1.807) is 36.4 Å². The summed E-state index contributed by atoms with van der Waals surface area (Å²) in [5.74, 6) is -2.23. The largest absolute Gasteiger partial charge is 0.506 e. The van der Waals surface area contributed by atoms with E-state index in [0.717, 1.165) is 20.6 Å². The highest BCUT2D eigenvalue weighted by Crippen LogP contribution is 2.34. The predicted molar refractivity (Wildman–Crippen MR) is 206 cm³/mol. The molecule has 16 heteroatoms. The number of carbonyl (C=O) groups excluding carboxylic acids is 4. The van der Waals surface area contributed by atoms with Crippen molar-refractivity contribution in [2.75, 3.05) is 21.7 Å². The predicted octanol–water partition coefficient (Wildman–Crippen LogP) is 4.44. The van der Waals surface area contributed by atoms with Crippen LogP contribution in [-0.4, -0.2) is 63.5 Å². The van der Waals surface area contributed by atoms with Crippen molar-refractivity contribution in [2.45, 2.75) is 46.0 Å². The second-order valence-corrected chi connectivity index (χ2v) is 16.4. The van der Waals surface area contributed by atoms with Crippen molar-refractivity contribution in [2.24, 2.45) is 11.8 Å². The summed E-state index contributed by atoms with van der Waals surface area (Å²) in [4.78, 5) is 48.3. The van der Waals surface area contributed by atoms with Crippen LogP contribution in [0.2, 0.25) is 0 Å². The topological polar surface area (TPSA) is 208 Å². The Morgan fingerprint density at radius 3 is 1.38 bits per heavy atom. The number of ketones is 2. The van der Waals surface area contributed by atoms with E-state index in [0.29, 0.717) is 42.4 Å². The molecule has 2 amide bonds. The molecule has 0 radical (unpaired) electrons. The van der Waals surface area contributed by atoms with Gasteiger partial charge in [-0.25, -0.2) is 18.1 Å². The molecule has 0 bridgehead atoms. The number of hydrogen-bond acceptors (Lipinski definition) is 10. The fourth-order valence-corrected chi connectivity index (χ4v) is 8.80. The summed E-state index contributed by atoms with van der Waals surface area (Å²) >= 11 is 0. The highest BCUT2D eigenvalue weighted by atomic mass is 32.2. The average Bonchev–Trinajstić information content (AvgIpc) is 3.60. The zero-order valence-corrected chi connectivity index (χ0v) is 31.8. The van der Waals surface area contributed by atoms with E-state index in [1.807, 2.05) is 59.7 Å². The highest BCUT2D eigenvalue weighted by molar-refractivity contribution is 7.92. The maximum absolute atomic E-state index is 12.8. The second-order valence-electron chi connectivity index (χ2n) is 13.2. The first kappa shape index (κ1) is 40.4. The quantitative estimate of drug-likeness (QED) is 0.140. The molecule has 4 aromatic rings.